The van der Waals surface area contributed by atoms with Gasteiger partial charge in [-0.05, 0) is 7.05 Å². The van der Waals surface area contributed by atoms with Crippen molar-refractivity contribution in [2.45, 2.75) is 61.3 Å². The molecule has 2 heterocycles. The molecule has 2 aliphatic heterocycles. The van der Waals surface area contributed by atoms with Gasteiger partial charge in [0, 0.05) is 0 Å². The minimum absolute atomic E-state index is 0.552. The Morgan fingerprint density at radius 1 is 0.792 bits per heavy atom. The minimum Gasteiger partial charge on any atom is -0.394 e. The fraction of sp³-hybridized carbons (Fsp3) is 1.00. The lowest BCUT2D eigenvalue weighted by Gasteiger charge is -2.46. The first-order valence-corrected chi connectivity index (χ1v) is 7.61. The molecule has 0 aromatic heterocycles. The standard InChI is InChI=1S/C13H25NO10/c1-14-12-9(20)8(19)11(5(3-16)22-12)24-13-10(21)7(18)6(17)4(2-15)23-13/h4-21H,2-3H2,1H3/t4-,5-,6+,7+,8-,9-,10-,11-,12?,13+/m1/s1. The number of nitrogens with one attached hydrogen (secondary N) is 1. The Morgan fingerprint density at radius 2 is 1.42 bits per heavy atom. The monoisotopic (exact) mass is 355 g/mol. The molecule has 10 atom stereocenters. The Morgan fingerprint density at radius 3 is 1.96 bits per heavy atom. The summed E-state index contributed by atoms with van der Waals surface area (Å²) in [6, 6.07) is 0. The van der Waals surface area contributed by atoms with Crippen LogP contribution in [-0.4, -0.2) is 117 Å². The Labute approximate surface area is 138 Å². The number of likely N-dealkylation sites (N-methyl/N-ethyl adjacent to an activating group) is 1. The van der Waals surface area contributed by atoms with Crippen molar-refractivity contribution in [2.24, 2.45) is 0 Å². The Balaban J connectivity index is 2.12. The predicted octanol–water partition coefficient (Wildman–Crippen LogP) is -5.17. The summed E-state index contributed by atoms with van der Waals surface area (Å²) in [6.45, 7) is -1.19. The number of hydrogen-bond donors (Lipinski definition) is 8. The van der Waals surface area contributed by atoms with Crippen LogP contribution < -0.4 is 5.32 Å². The van der Waals surface area contributed by atoms with Crippen molar-refractivity contribution in [1.29, 1.82) is 0 Å². The zero-order valence-corrected chi connectivity index (χ0v) is 13.0. The largest absolute Gasteiger partial charge is 0.394 e. The normalized spacial score (nSPS) is 50.0. The Hall–Kier alpha value is -0.440. The highest BCUT2D eigenvalue weighted by Gasteiger charge is 2.50. The smallest absolute Gasteiger partial charge is 0.187 e. The number of ether oxygens (including phenoxy) is 3. The summed E-state index contributed by atoms with van der Waals surface area (Å²) in [7, 11) is 1.49. The Bertz CT molecular complexity index is 397. The van der Waals surface area contributed by atoms with Gasteiger partial charge in [-0.1, -0.05) is 0 Å². The molecule has 2 aliphatic rings. The second-order valence-electron chi connectivity index (χ2n) is 5.85. The van der Waals surface area contributed by atoms with Crippen LogP contribution in [0.4, 0.5) is 0 Å². The third kappa shape index (κ3) is 3.71. The highest BCUT2D eigenvalue weighted by atomic mass is 16.7. The van der Waals surface area contributed by atoms with Gasteiger partial charge < -0.3 is 50.0 Å². The molecule has 0 bridgehead atoms. The molecular formula is C13H25NO10. The fourth-order valence-corrected chi connectivity index (χ4v) is 2.83. The third-order valence-corrected chi connectivity index (χ3v) is 4.29. The molecule has 0 aliphatic carbocycles. The molecule has 0 aromatic rings. The van der Waals surface area contributed by atoms with Gasteiger partial charge in [0.15, 0.2) is 6.29 Å². The highest BCUT2D eigenvalue weighted by molar-refractivity contribution is 4.94. The van der Waals surface area contributed by atoms with E-state index >= 15 is 0 Å². The van der Waals surface area contributed by atoms with Gasteiger partial charge in [-0.25, -0.2) is 0 Å². The number of aliphatic hydroxyl groups is 7. The van der Waals surface area contributed by atoms with Crippen LogP contribution in [0.5, 0.6) is 0 Å². The first-order chi connectivity index (χ1) is 11.3. The molecule has 0 aromatic carbocycles. The second-order valence-corrected chi connectivity index (χ2v) is 5.85. The lowest BCUT2D eigenvalue weighted by atomic mass is 9.96. The van der Waals surface area contributed by atoms with Crippen LogP contribution in [0.1, 0.15) is 0 Å². The summed E-state index contributed by atoms with van der Waals surface area (Å²) in [4.78, 5) is 0. The minimum atomic E-state index is -1.67. The number of rotatable bonds is 5. The molecule has 0 saturated carbocycles. The summed E-state index contributed by atoms with van der Waals surface area (Å²) >= 11 is 0. The van der Waals surface area contributed by atoms with E-state index in [0.29, 0.717) is 0 Å². The zero-order valence-electron chi connectivity index (χ0n) is 13.0. The van der Waals surface area contributed by atoms with E-state index in [-0.39, 0.29) is 0 Å². The van der Waals surface area contributed by atoms with Crippen LogP contribution in [0.15, 0.2) is 0 Å². The van der Waals surface area contributed by atoms with Gasteiger partial charge in [-0.3, -0.25) is 5.32 Å². The van der Waals surface area contributed by atoms with Crippen LogP contribution in [0.2, 0.25) is 0 Å². The molecule has 24 heavy (non-hydrogen) atoms. The van der Waals surface area contributed by atoms with Gasteiger partial charge in [0.25, 0.3) is 0 Å². The van der Waals surface area contributed by atoms with Crippen molar-refractivity contribution in [2.75, 3.05) is 20.3 Å². The fourth-order valence-electron chi connectivity index (χ4n) is 2.83. The van der Waals surface area contributed by atoms with E-state index in [9.17, 15) is 30.6 Å². The van der Waals surface area contributed by atoms with E-state index in [0.717, 1.165) is 0 Å². The van der Waals surface area contributed by atoms with Crippen LogP contribution in [0, 0.1) is 0 Å². The maximum Gasteiger partial charge on any atom is 0.187 e. The predicted molar refractivity (Wildman–Crippen MR) is 75.5 cm³/mol. The molecule has 0 spiro atoms. The van der Waals surface area contributed by atoms with E-state index in [2.05, 4.69) is 5.32 Å². The van der Waals surface area contributed by atoms with Crippen molar-refractivity contribution in [3.8, 4) is 0 Å². The van der Waals surface area contributed by atoms with Gasteiger partial charge >= 0.3 is 0 Å². The molecule has 142 valence electrons. The van der Waals surface area contributed by atoms with E-state index < -0.39 is 74.6 Å². The highest BCUT2D eigenvalue weighted by Crippen LogP contribution is 2.28. The molecule has 2 saturated heterocycles. The maximum atomic E-state index is 10.2. The van der Waals surface area contributed by atoms with Gasteiger partial charge in [-0.15, -0.1) is 0 Å². The first kappa shape index (κ1) is 19.9. The van der Waals surface area contributed by atoms with Crippen LogP contribution >= 0.6 is 0 Å². The van der Waals surface area contributed by atoms with Gasteiger partial charge in [-0.2, -0.15) is 0 Å². The van der Waals surface area contributed by atoms with Gasteiger partial charge in [0.2, 0.25) is 0 Å². The molecular weight excluding hydrogens is 330 g/mol. The topological polar surface area (TPSA) is 181 Å². The van der Waals surface area contributed by atoms with Crippen molar-refractivity contribution < 1.29 is 50.0 Å². The molecule has 2 fully saturated rings. The average Bonchev–Trinajstić information content (AvgIpc) is 2.59. The van der Waals surface area contributed by atoms with Gasteiger partial charge in [0.05, 0.1) is 13.2 Å². The number of hydrogen-bond acceptors (Lipinski definition) is 11. The van der Waals surface area contributed by atoms with Crippen LogP contribution in [-0.2, 0) is 14.2 Å². The molecule has 8 N–H and O–H groups in total. The van der Waals surface area contributed by atoms with E-state index in [1.165, 1.54) is 7.05 Å². The zero-order chi connectivity index (χ0) is 18.0. The average molecular weight is 355 g/mol. The lowest BCUT2D eigenvalue weighted by molar-refractivity contribution is -0.343. The second kappa shape index (κ2) is 8.29. The van der Waals surface area contributed by atoms with Crippen molar-refractivity contribution in [3.63, 3.8) is 0 Å². The first-order valence-electron chi connectivity index (χ1n) is 7.61. The summed E-state index contributed by atoms with van der Waals surface area (Å²) in [5, 5.41) is 70.8. The van der Waals surface area contributed by atoms with E-state index in [1.807, 2.05) is 0 Å². The van der Waals surface area contributed by atoms with Crippen LogP contribution in [0.3, 0.4) is 0 Å². The molecule has 1 unspecified atom stereocenters. The van der Waals surface area contributed by atoms with Crippen molar-refractivity contribution in [3.05, 3.63) is 0 Å². The van der Waals surface area contributed by atoms with E-state index in [4.69, 9.17) is 19.3 Å². The molecule has 11 heteroatoms. The summed E-state index contributed by atoms with van der Waals surface area (Å²) in [5.74, 6) is 0. The quantitative estimate of drug-likeness (QED) is 0.236. The van der Waals surface area contributed by atoms with Crippen molar-refractivity contribution in [1.82, 2.24) is 5.32 Å². The Kier molecular flexibility index (Phi) is 6.87. The maximum absolute atomic E-state index is 10.2. The van der Waals surface area contributed by atoms with E-state index in [1.54, 1.807) is 0 Å². The summed E-state index contributed by atoms with van der Waals surface area (Å²) in [5.41, 5.74) is 0. The summed E-state index contributed by atoms with van der Waals surface area (Å²) in [6.07, 6.45) is -13.7. The molecule has 0 amide bonds. The van der Waals surface area contributed by atoms with Crippen LogP contribution in [0.25, 0.3) is 0 Å². The third-order valence-electron chi connectivity index (χ3n) is 4.29. The lowest BCUT2D eigenvalue weighted by Crippen LogP contribution is -2.66. The SMILES string of the molecule is CNC1O[C@H](CO)[C@@H](O[C@@H]2O[C@H](CO)[C@H](O)[C@H](O)[C@H]2O)[C@H](O)[C@H]1O. The molecule has 11 nitrogen and oxygen atoms in total. The van der Waals surface area contributed by atoms with Gasteiger partial charge in [0.1, 0.15) is 55.1 Å². The number of aliphatic hydroxyl groups excluding tert-OH is 7. The molecule has 0 radical (unpaired) electrons. The summed E-state index contributed by atoms with van der Waals surface area (Å²) < 4.78 is 15.9. The van der Waals surface area contributed by atoms with Crippen molar-refractivity contribution >= 4 is 0 Å². The molecule has 2 rings (SSSR count).